The van der Waals surface area contributed by atoms with Gasteiger partial charge in [-0.3, -0.25) is 9.59 Å². The number of rotatable bonds is 4. The van der Waals surface area contributed by atoms with Gasteiger partial charge in [-0.2, -0.15) is 0 Å². The Morgan fingerprint density at radius 1 is 1.17 bits per heavy atom. The first kappa shape index (κ1) is 20.3. The number of morpholine rings is 1. The van der Waals surface area contributed by atoms with Crippen LogP contribution in [0.1, 0.15) is 52.1 Å². The Morgan fingerprint density at radius 2 is 1.87 bits per heavy atom. The molecule has 6 nitrogen and oxygen atoms in total. The maximum atomic E-state index is 14.0. The summed E-state index contributed by atoms with van der Waals surface area (Å²) in [5.74, 6) is -2.13. The average Bonchev–Trinajstić information content (AvgIpc) is 3.30. The van der Waals surface area contributed by atoms with Crippen LogP contribution in [0.25, 0.3) is 0 Å². The first-order valence-electron chi connectivity index (χ1n) is 10.2. The van der Waals surface area contributed by atoms with E-state index in [1.54, 1.807) is 4.90 Å². The summed E-state index contributed by atoms with van der Waals surface area (Å²) in [6.45, 7) is 4.76. The van der Waals surface area contributed by atoms with Gasteiger partial charge in [0.05, 0.1) is 18.2 Å². The Kier molecular flexibility index (Phi) is 5.72. The lowest BCUT2D eigenvalue weighted by atomic mass is 9.99. The molecule has 2 aliphatic rings. The molecule has 2 saturated heterocycles. The number of aldehydes is 1. The Bertz CT molecular complexity index is 941. The van der Waals surface area contributed by atoms with Crippen molar-refractivity contribution >= 4 is 17.9 Å². The van der Waals surface area contributed by atoms with E-state index in [1.807, 2.05) is 19.1 Å². The Balaban J connectivity index is 1.54. The molecular weight excluding hydrogens is 387 g/mol. The fraction of sp³-hybridized carbons (Fsp3) is 0.391. The van der Waals surface area contributed by atoms with E-state index in [0.717, 1.165) is 24.7 Å². The summed E-state index contributed by atoms with van der Waals surface area (Å²) in [4.78, 5) is 28.1. The van der Waals surface area contributed by atoms with Crippen LogP contribution in [-0.4, -0.2) is 54.5 Å². The maximum absolute atomic E-state index is 14.0. The van der Waals surface area contributed by atoms with E-state index in [9.17, 15) is 19.1 Å². The fourth-order valence-corrected chi connectivity index (χ4v) is 4.30. The van der Waals surface area contributed by atoms with Gasteiger partial charge >= 0.3 is 0 Å². The van der Waals surface area contributed by atoms with Gasteiger partial charge in [-0.15, -0.1) is 0 Å². The van der Waals surface area contributed by atoms with Gasteiger partial charge in [0, 0.05) is 30.9 Å². The van der Waals surface area contributed by atoms with E-state index >= 15 is 0 Å². The van der Waals surface area contributed by atoms with Crippen molar-refractivity contribution in [3.8, 4) is 5.75 Å². The number of phenolic OH excluding ortho intramolecular Hbond substituents is 1. The van der Waals surface area contributed by atoms with Gasteiger partial charge < -0.3 is 19.6 Å². The van der Waals surface area contributed by atoms with Crippen molar-refractivity contribution in [1.29, 1.82) is 0 Å². The van der Waals surface area contributed by atoms with Crippen molar-refractivity contribution in [2.45, 2.75) is 31.9 Å². The first-order chi connectivity index (χ1) is 14.5. The van der Waals surface area contributed by atoms with Gasteiger partial charge in [-0.25, -0.2) is 4.39 Å². The van der Waals surface area contributed by atoms with E-state index in [0.29, 0.717) is 19.4 Å². The van der Waals surface area contributed by atoms with Crippen LogP contribution in [0.4, 0.5) is 10.1 Å². The first-order valence-corrected chi connectivity index (χ1v) is 10.2. The Labute approximate surface area is 174 Å². The monoisotopic (exact) mass is 412 g/mol. The molecule has 0 bridgehead atoms. The molecule has 158 valence electrons. The summed E-state index contributed by atoms with van der Waals surface area (Å²) >= 11 is 0. The van der Waals surface area contributed by atoms with Crippen LogP contribution in [-0.2, 0) is 4.74 Å². The molecule has 0 aliphatic carbocycles. The molecule has 0 spiro atoms. The second-order valence-electron chi connectivity index (χ2n) is 7.83. The van der Waals surface area contributed by atoms with Crippen LogP contribution in [0.3, 0.4) is 0 Å². The Hall–Kier alpha value is -2.93. The lowest BCUT2D eigenvalue weighted by Gasteiger charge is -2.39. The molecule has 0 saturated carbocycles. The molecule has 2 aromatic rings. The molecular formula is C23H25FN2O4. The third-order valence-corrected chi connectivity index (χ3v) is 5.98. The van der Waals surface area contributed by atoms with E-state index < -0.39 is 17.5 Å². The highest BCUT2D eigenvalue weighted by molar-refractivity contribution is 5.97. The summed E-state index contributed by atoms with van der Waals surface area (Å²) in [6.07, 6.45) is 2.46. The van der Waals surface area contributed by atoms with Crippen LogP contribution < -0.4 is 4.90 Å². The molecule has 1 amide bonds. The summed E-state index contributed by atoms with van der Waals surface area (Å²) in [6, 6.07) is 10.1. The average molecular weight is 412 g/mol. The quantitative estimate of drug-likeness (QED) is 0.778. The van der Waals surface area contributed by atoms with Gasteiger partial charge in [0.2, 0.25) is 0 Å². The number of amides is 1. The molecule has 7 heteroatoms. The molecule has 2 heterocycles. The number of nitrogens with zero attached hydrogens (tertiary/aromatic N) is 2. The number of ether oxygens (including phenoxy) is 1. The van der Waals surface area contributed by atoms with Crippen LogP contribution in [0.5, 0.6) is 5.75 Å². The van der Waals surface area contributed by atoms with Crippen molar-refractivity contribution in [3.63, 3.8) is 0 Å². The van der Waals surface area contributed by atoms with Crippen molar-refractivity contribution < 1.29 is 23.8 Å². The molecule has 0 aromatic heterocycles. The van der Waals surface area contributed by atoms with E-state index in [2.05, 4.69) is 17.0 Å². The molecule has 2 aromatic carbocycles. The predicted molar refractivity (Wildman–Crippen MR) is 111 cm³/mol. The second kappa shape index (κ2) is 8.44. The molecule has 2 atom stereocenters. The minimum Gasteiger partial charge on any atom is -0.504 e. The van der Waals surface area contributed by atoms with Crippen LogP contribution in [0.2, 0.25) is 0 Å². The lowest BCUT2D eigenvalue weighted by Crippen LogP contribution is -2.48. The zero-order valence-electron chi connectivity index (χ0n) is 16.9. The van der Waals surface area contributed by atoms with E-state index in [4.69, 9.17) is 4.74 Å². The SMILES string of the molecule is C[C@H]1[C@H](c2ccc(N3CCCC3)cc2)OCCN1C(=O)c1cc(F)c(O)c(C=O)c1. The molecule has 2 aliphatic heterocycles. The zero-order chi connectivity index (χ0) is 21.3. The number of aromatic hydroxyl groups is 1. The third-order valence-electron chi connectivity index (χ3n) is 5.98. The molecule has 2 fully saturated rings. The van der Waals surface area contributed by atoms with Crippen molar-refractivity contribution in [2.75, 3.05) is 31.1 Å². The summed E-state index contributed by atoms with van der Waals surface area (Å²) in [7, 11) is 0. The van der Waals surface area contributed by atoms with Gasteiger partial charge in [0.1, 0.15) is 6.10 Å². The van der Waals surface area contributed by atoms with Gasteiger partial charge in [-0.1, -0.05) is 12.1 Å². The van der Waals surface area contributed by atoms with Crippen LogP contribution >= 0.6 is 0 Å². The maximum Gasteiger partial charge on any atom is 0.254 e. The van der Waals surface area contributed by atoms with E-state index in [1.165, 1.54) is 24.6 Å². The predicted octanol–water partition coefficient (Wildman–Crippen LogP) is 3.55. The van der Waals surface area contributed by atoms with Crippen molar-refractivity contribution in [2.24, 2.45) is 0 Å². The second-order valence-corrected chi connectivity index (χ2v) is 7.83. The molecule has 0 unspecified atom stereocenters. The van der Waals surface area contributed by atoms with Gasteiger partial charge in [0.25, 0.3) is 5.91 Å². The number of carbonyl (C=O) groups is 2. The smallest absolute Gasteiger partial charge is 0.254 e. The summed E-state index contributed by atoms with van der Waals surface area (Å²) in [5, 5.41) is 9.60. The number of halogens is 1. The van der Waals surface area contributed by atoms with E-state index in [-0.39, 0.29) is 23.3 Å². The number of benzene rings is 2. The summed E-state index contributed by atoms with van der Waals surface area (Å²) in [5.41, 5.74) is 1.96. The molecule has 0 radical (unpaired) electrons. The highest BCUT2D eigenvalue weighted by Gasteiger charge is 2.34. The number of carbonyl (C=O) groups excluding carboxylic acids is 2. The minimum absolute atomic E-state index is 0.0317. The van der Waals surface area contributed by atoms with Crippen molar-refractivity contribution in [3.05, 3.63) is 58.9 Å². The standard InChI is InChI=1S/C23H25FN2O4/c1-15-22(16-4-6-19(7-5-16)25-8-2-3-9-25)30-11-10-26(15)23(29)17-12-18(14-27)21(28)20(24)13-17/h4-7,12-15,22,28H,2-3,8-11H2,1H3/t15-,22+/m0/s1. The zero-order valence-corrected chi connectivity index (χ0v) is 16.9. The highest BCUT2D eigenvalue weighted by Crippen LogP contribution is 2.32. The van der Waals surface area contributed by atoms with Gasteiger partial charge in [-0.05, 0) is 49.6 Å². The van der Waals surface area contributed by atoms with Crippen molar-refractivity contribution in [1.82, 2.24) is 4.90 Å². The largest absolute Gasteiger partial charge is 0.504 e. The normalized spacial score (nSPS) is 21.7. The third kappa shape index (κ3) is 3.77. The number of phenols is 1. The summed E-state index contributed by atoms with van der Waals surface area (Å²) < 4.78 is 19.9. The molecule has 1 N–H and O–H groups in total. The van der Waals surface area contributed by atoms with Gasteiger partial charge in [0.15, 0.2) is 17.9 Å². The van der Waals surface area contributed by atoms with Crippen LogP contribution in [0.15, 0.2) is 36.4 Å². The van der Waals surface area contributed by atoms with Crippen LogP contribution in [0, 0.1) is 5.82 Å². The minimum atomic E-state index is -0.988. The number of hydrogen-bond donors (Lipinski definition) is 1. The number of anilines is 1. The highest BCUT2D eigenvalue weighted by atomic mass is 19.1. The number of hydrogen-bond acceptors (Lipinski definition) is 5. The topological polar surface area (TPSA) is 70.1 Å². The fourth-order valence-electron chi connectivity index (χ4n) is 4.30. The molecule has 4 rings (SSSR count). The molecule has 30 heavy (non-hydrogen) atoms. The Morgan fingerprint density at radius 3 is 2.53 bits per heavy atom. The lowest BCUT2D eigenvalue weighted by molar-refractivity contribution is -0.0551.